The Labute approximate surface area is 81.1 Å². The maximum atomic E-state index is 5.92. The molecule has 0 aliphatic carbocycles. The zero-order chi connectivity index (χ0) is 8.59. The van der Waals surface area contributed by atoms with Gasteiger partial charge < -0.3 is 0 Å². The Balaban J connectivity index is 3.46. The van der Waals surface area contributed by atoms with Crippen molar-refractivity contribution in [1.29, 1.82) is 0 Å². The third-order valence-electron chi connectivity index (χ3n) is 1.63. The highest BCUT2D eigenvalue weighted by atomic mass is 35.5. The van der Waals surface area contributed by atoms with Crippen LogP contribution in [-0.2, 0) is 0 Å². The van der Waals surface area contributed by atoms with E-state index in [2.05, 4.69) is 0 Å². The van der Waals surface area contributed by atoms with Crippen molar-refractivity contribution in [3.05, 3.63) is 32.3 Å². The van der Waals surface area contributed by atoms with Crippen molar-refractivity contribution in [3.63, 3.8) is 0 Å². The molecular formula is C8H7Cl3. The van der Waals surface area contributed by atoms with Crippen LogP contribution in [0.25, 0.3) is 0 Å². The van der Waals surface area contributed by atoms with Gasteiger partial charge in [-0.1, -0.05) is 34.8 Å². The van der Waals surface area contributed by atoms with Gasteiger partial charge in [0.1, 0.15) is 0 Å². The summed E-state index contributed by atoms with van der Waals surface area (Å²) < 4.78 is 0. The number of hydrogen-bond donors (Lipinski definition) is 0. The van der Waals surface area contributed by atoms with Gasteiger partial charge in [0.25, 0.3) is 0 Å². The first-order valence-electron chi connectivity index (χ1n) is 3.14. The Morgan fingerprint density at radius 3 is 1.64 bits per heavy atom. The van der Waals surface area contributed by atoms with Crippen LogP contribution in [0, 0.1) is 13.8 Å². The van der Waals surface area contributed by atoms with E-state index in [-0.39, 0.29) is 0 Å². The molecule has 0 radical (unpaired) electrons. The van der Waals surface area contributed by atoms with E-state index in [0.29, 0.717) is 15.1 Å². The smallest absolute Gasteiger partial charge is 0.0494 e. The fourth-order valence-electron chi connectivity index (χ4n) is 0.819. The molecule has 1 rings (SSSR count). The SMILES string of the molecule is Cc1c(Cl)cc(Cl)c(C)c1Cl. The molecule has 1 aromatic rings. The molecule has 11 heavy (non-hydrogen) atoms. The molecule has 0 heterocycles. The molecule has 0 aliphatic rings. The predicted octanol–water partition coefficient (Wildman–Crippen LogP) is 4.26. The van der Waals surface area contributed by atoms with Crippen molar-refractivity contribution in [2.24, 2.45) is 0 Å². The van der Waals surface area contributed by atoms with E-state index in [1.54, 1.807) is 6.07 Å². The molecule has 0 amide bonds. The normalized spacial score (nSPS) is 10.3. The molecule has 0 nitrogen and oxygen atoms in total. The molecule has 0 N–H and O–H groups in total. The van der Waals surface area contributed by atoms with Crippen molar-refractivity contribution in [2.45, 2.75) is 13.8 Å². The first-order valence-corrected chi connectivity index (χ1v) is 4.28. The Bertz CT molecular complexity index is 266. The highest BCUT2D eigenvalue weighted by molar-refractivity contribution is 6.40. The van der Waals surface area contributed by atoms with E-state index in [4.69, 9.17) is 34.8 Å². The van der Waals surface area contributed by atoms with Gasteiger partial charge in [-0.2, -0.15) is 0 Å². The maximum absolute atomic E-state index is 5.92. The molecule has 0 saturated carbocycles. The Kier molecular flexibility index (Phi) is 2.69. The maximum Gasteiger partial charge on any atom is 0.0494 e. The summed E-state index contributed by atoms with van der Waals surface area (Å²) in [6.07, 6.45) is 0. The second-order valence-electron chi connectivity index (χ2n) is 2.40. The molecule has 3 heteroatoms. The van der Waals surface area contributed by atoms with Crippen molar-refractivity contribution in [3.8, 4) is 0 Å². The highest BCUT2D eigenvalue weighted by Gasteiger charge is 2.07. The van der Waals surface area contributed by atoms with Gasteiger partial charge in [-0.25, -0.2) is 0 Å². The van der Waals surface area contributed by atoms with Crippen molar-refractivity contribution >= 4 is 34.8 Å². The molecule has 60 valence electrons. The van der Waals surface area contributed by atoms with E-state index in [1.165, 1.54) is 0 Å². The summed E-state index contributed by atoms with van der Waals surface area (Å²) >= 11 is 17.6. The molecule has 0 aromatic heterocycles. The van der Waals surface area contributed by atoms with E-state index < -0.39 is 0 Å². The van der Waals surface area contributed by atoms with Crippen LogP contribution in [-0.4, -0.2) is 0 Å². The van der Waals surface area contributed by atoms with E-state index in [0.717, 1.165) is 11.1 Å². The van der Waals surface area contributed by atoms with Gasteiger partial charge >= 0.3 is 0 Å². The standard InChI is InChI=1S/C8H7Cl3/c1-4-6(9)3-7(10)5(2)8(4)11/h3H,1-2H3. The summed E-state index contributed by atoms with van der Waals surface area (Å²) in [5.41, 5.74) is 1.77. The second-order valence-corrected chi connectivity index (χ2v) is 3.60. The van der Waals surface area contributed by atoms with Gasteiger partial charge in [0, 0.05) is 15.1 Å². The first-order chi connectivity index (χ1) is 5.04. The molecular weight excluding hydrogens is 202 g/mol. The van der Waals surface area contributed by atoms with Gasteiger partial charge in [0.15, 0.2) is 0 Å². The zero-order valence-electron chi connectivity index (χ0n) is 6.21. The van der Waals surface area contributed by atoms with Crippen LogP contribution in [0.1, 0.15) is 11.1 Å². The van der Waals surface area contributed by atoms with Gasteiger partial charge in [-0.15, -0.1) is 0 Å². The Hall–Kier alpha value is 0.0900. The third kappa shape index (κ3) is 1.64. The fourth-order valence-corrected chi connectivity index (χ4v) is 1.58. The van der Waals surface area contributed by atoms with Crippen LogP contribution in [0.2, 0.25) is 15.1 Å². The number of benzene rings is 1. The minimum absolute atomic E-state index is 0.616. The van der Waals surface area contributed by atoms with E-state index in [9.17, 15) is 0 Å². The number of halogens is 3. The lowest BCUT2D eigenvalue weighted by molar-refractivity contribution is 1.38. The molecule has 0 fully saturated rings. The van der Waals surface area contributed by atoms with Gasteiger partial charge in [0.05, 0.1) is 0 Å². The van der Waals surface area contributed by atoms with Gasteiger partial charge in [0.2, 0.25) is 0 Å². The predicted molar refractivity (Wildman–Crippen MR) is 50.9 cm³/mol. The molecule has 0 unspecified atom stereocenters. The lowest BCUT2D eigenvalue weighted by Gasteiger charge is -2.05. The minimum atomic E-state index is 0.616. The van der Waals surface area contributed by atoms with Crippen LogP contribution in [0.5, 0.6) is 0 Å². The summed E-state index contributed by atoms with van der Waals surface area (Å²) in [6.45, 7) is 3.74. The summed E-state index contributed by atoms with van der Waals surface area (Å²) in [7, 11) is 0. The topological polar surface area (TPSA) is 0 Å². The lowest BCUT2D eigenvalue weighted by Crippen LogP contribution is -1.83. The van der Waals surface area contributed by atoms with Crippen molar-refractivity contribution in [1.82, 2.24) is 0 Å². The molecule has 0 aliphatic heterocycles. The summed E-state index contributed by atoms with van der Waals surface area (Å²) in [5.74, 6) is 0. The van der Waals surface area contributed by atoms with Crippen molar-refractivity contribution in [2.75, 3.05) is 0 Å². The minimum Gasteiger partial charge on any atom is -0.0839 e. The van der Waals surface area contributed by atoms with Crippen LogP contribution >= 0.6 is 34.8 Å². The van der Waals surface area contributed by atoms with Crippen LogP contribution in [0.3, 0.4) is 0 Å². The number of rotatable bonds is 0. The quantitative estimate of drug-likeness (QED) is 0.599. The zero-order valence-corrected chi connectivity index (χ0v) is 8.48. The largest absolute Gasteiger partial charge is 0.0839 e. The second kappa shape index (κ2) is 3.22. The summed E-state index contributed by atoms with van der Waals surface area (Å²) in [5, 5.41) is 1.89. The number of hydrogen-bond acceptors (Lipinski definition) is 0. The van der Waals surface area contributed by atoms with E-state index >= 15 is 0 Å². The summed E-state index contributed by atoms with van der Waals surface area (Å²) in [4.78, 5) is 0. The third-order valence-corrected chi connectivity index (χ3v) is 2.98. The van der Waals surface area contributed by atoms with Crippen LogP contribution in [0.15, 0.2) is 6.07 Å². The average Bonchev–Trinajstić information content (AvgIpc) is 1.97. The van der Waals surface area contributed by atoms with E-state index in [1.807, 2.05) is 13.8 Å². The monoisotopic (exact) mass is 208 g/mol. The lowest BCUT2D eigenvalue weighted by atomic mass is 10.1. The first kappa shape index (κ1) is 9.18. The highest BCUT2D eigenvalue weighted by Crippen LogP contribution is 2.32. The molecule has 0 bridgehead atoms. The van der Waals surface area contributed by atoms with Crippen molar-refractivity contribution < 1.29 is 0 Å². The van der Waals surface area contributed by atoms with Crippen LogP contribution < -0.4 is 0 Å². The average molecular weight is 210 g/mol. The van der Waals surface area contributed by atoms with Gasteiger partial charge in [-0.05, 0) is 31.0 Å². The fraction of sp³-hybridized carbons (Fsp3) is 0.250. The molecule has 0 saturated heterocycles. The Morgan fingerprint density at radius 1 is 0.909 bits per heavy atom. The molecule has 1 aromatic carbocycles. The van der Waals surface area contributed by atoms with Gasteiger partial charge in [-0.3, -0.25) is 0 Å². The van der Waals surface area contributed by atoms with Crippen LogP contribution in [0.4, 0.5) is 0 Å². The molecule has 0 atom stereocenters. The molecule has 0 spiro atoms. The summed E-state index contributed by atoms with van der Waals surface area (Å²) in [6, 6.07) is 1.71. The Morgan fingerprint density at radius 2 is 1.27 bits per heavy atom.